The van der Waals surface area contributed by atoms with E-state index in [1.165, 1.54) is 12.2 Å². The van der Waals surface area contributed by atoms with Crippen molar-refractivity contribution >= 4 is 0 Å². The van der Waals surface area contributed by atoms with Crippen molar-refractivity contribution in [1.82, 2.24) is 0 Å². The van der Waals surface area contributed by atoms with Crippen LogP contribution < -0.4 is 0 Å². The Bertz CT molecular complexity index is 963. The van der Waals surface area contributed by atoms with E-state index in [1.54, 1.807) is 6.92 Å². The van der Waals surface area contributed by atoms with E-state index in [2.05, 4.69) is 0 Å². The second kappa shape index (κ2) is 11.4. The second-order valence-corrected chi connectivity index (χ2v) is 8.22. The quantitative estimate of drug-likeness (QED) is 0.211. The maximum atomic E-state index is 14.3. The molecule has 0 saturated heterocycles. The Morgan fingerprint density at radius 1 is 0.824 bits per heavy atom. The van der Waals surface area contributed by atoms with E-state index in [0.717, 1.165) is 36.4 Å². The third-order valence-corrected chi connectivity index (χ3v) is 5.82. The van der Waals surface area contributed by atoms with Crippen LogP contribution in [0.3, 0.4) is 0 Å². The minimum atomic E-state index is -3.08. The van der Waals surface area contributed by atoms with E-state index >= 15 is 0 Å². The van der Waals surface area contributed by atoms with Crippen LogP contribution in [0.2, 0.25) is 0 Å². The standard InChI is InChI=1S/C24H28F4O6/c1-2-3-10-23(33,11-14-16(25)6-4-7-17(14)26)22(32)24(34,21(31)20(30)13-29)12-15-18(27)8-5-9-19(15)28/h2-9,20-22,29-34H,10-13H2,1H3/b3-2+/t20-,21+,22+,23?,24+/m0/s1. The van der Waals surface area contributed by atoms with Gasteiger partial charge in [0.2, 0.25) is 0 Å². The molecule has 0 saturated carbocycles. The molecule has 0 aliphatic heterocycles. The highest BCUT2D eigenvalue weighted by Gasteiger charge is 2.54. The zero-order chi connectivity index (χ0) is 25.7. The van der Waals surface area contributed by atoms with Crippen LogP contribution in [0, 0.1) is 23.3 Å². The summed E-state index contributed by atoms with van der Waals surface area (Å²) in [6, 6.07) is 5.63. The third-order valence-electron chi connectivity index (χ3n) is 5.82. The Kier molecular flexibility index (Phi) is 9.35. The maximum absolute atomic E-state index is 14.3. The van der Waals surface area contributed by atoms with Gasteiger partial charge in [-0.15, -0.1) is 0 Å². The fourth-order valence-electron chi connectivity index (χ4n) is 3.86. The summed E-state index contributed by atoms with van der Waals surface area (Å²) in [5.41, 5.74) is -7.12. The van der Waals surface area contributed by atoms with Crippen LogP contribution >= 0.6 is 0 Å². The fourth-order valence-corrected chi connectivity index (χ4v) is 3.86. The molecule has 6 N–H and O–H groups in total. The van der Waals surface area contributed by atoms with E-state index in [-0.39, 0.29) is 0 Å². The number of hydrogen-bond donors (Lipinski definition) is 6. The molecule has 0 radical (unpaired) electrons. The largest absolute Gasteiger partial charge is 0.394 e. The fraction of sp³-hybridized carbons (Fsp3) is 0.417. The molecule has 6 nitrogen and oxygen atoms in total. The molecular formula is C24H28F4O6. The molecular weight excluding hydrogens is 460 g/mol. The van der Waals surface area contributed by atoms with Gasteiger partial charge in [-0.25, -0.2) is 17.6 Å². The van der Waals surface area contributed by atoms with Gasteiger partial charge in [-0.05, 0) is 37.6 Å². The molecule has 2 aromatic rings. The average Bonchev–Trinajstić information content (AvgIpc) is 2.81. The van der Waals surface area contributed by atoms with Gasteiger partial charge in [0, 0.05) is 24.0 Å². The number of halogens is 4. The van der Waals surface area contributed by atoms with E-state index in [4.69, 9.17) is 0 Å². The van der Waals surface area contributed by atoms with Crippen LogP contribution in [0.15, 0.2) is 48.6 Å². The minimum Gasteiger partial charge on any atom is -0.394 e. The van der Waals surface area contributed by atoms with Gasteiger partial charge in [0.05, 0.1) is 6.61 Å². The van der Waals surface area contributed by atoms with Crippen molar-refractivity contribution in [2.24, 2.45) is 0 Å². The summed E-state index contributed by atoms with van der Waals surface area (Å²) in [6.07, 6.45) is -6.91. The van der Waals surface area contributed by atoms with Gasteiger partial charge in [-0.1, -0.05) is 24.3 Å². The number of aliphatic hydroxyl groups is 6. The molecule has 188 valence electrons. The van der Waals surface area contributed by atoms with Crippen molar-refractivity contribution in [3.05, 3.63) is 82.9 Å². The van der Waals surface area contributed by atoms with Crippen molar-refractivity contribution in [3.63, 3.8) is 0 Å². The van der Waals surface area contributed by atoms with E-state index < -0.39 is 89.8 Å². The number of allylic oxidation sites excluding steroid dienone is 1. The summed E-state index contributed by atoms with van der Waals surface area (Å²) in [4.78, 5) is 0. The van der Waals surface area contributed by atoms with E-state index in [9.17, 15) is 48.2 Å². The van der Waals surface area contributed by atoms with Crippen molar-refractivity contribution in [2.75, 3.05) is 6.61 Å². The summed E-state index contributed by atoms with van der Waals surface area (Å²) in [7, 11) is 0. The average molecular weight is 488 g/mol. The molecule has 0 aliphatic carbocycles. The lowest BCUT2D eigenvalue weighted by atomic mass is 9.71. The molecule has 1 unspecified atom stereocenters. The van der Waals surface area contributed by atoms with Crippen LogP contribution in [0.25, 0.3) is 0 Å². The van der Waals surface area contributed by atoms with Gasteiger partial charge < -0.3 is 30.6 Å². The van der Waals surface area contributed by atoms with Gasteiger partial charge in [-0.2, -0.15) is 0 Å². The van der Waals surface area contributed by atoms with Gasteiger partial charge >= 0.3 is 0 Å². The Balaban J connectivity index is 2.65. The van der Waals surface area contributed by atoms with Gasteiger partial charge in [0.15, 0.2) is 0 Å². The van der Waals surface area contributed by atoms with Crippen molar-refractivity contribution < 1.29 is 48.2 Å². The van der Waals surface area contributed by atoms with Gasteiger partial charge in [0.1, 0.15) is 52.8 Å². The first-order valence-electron chi connectivity index (χ1n) is 10.5. The smallest absolute Gasteiger partial charge is 0.129 e. The van der Waals surface area contributed by atoms with Crippen molar-refractivity contribution in [2.45, 2.75) is 55.7 Å². The molecule has 0 aromatic heterocycles. The Labute approximate surface area is 194 Å². The molecule has 0 bridgehead atoms. The number of aliphatic hydroxyl groups excluding tert-OH is 4. The van der Waals surface area contributed by atoms with Crippen molar-refractivity contribution in [3.8, 4) is 0 Å². The third kappa shape index (κ3) is 5.83. The highest BCUT2D eigenvalue weighted by Crippen LogP contribution is 2.36. The van der Waals surface area contributed by atoms with Gasteiger partial charge in [-0.3, -0.25) is 0 Å². The summed E-state index contributed by atoms with van der Waals surface area (Å²) < 4.78 is 57.3. The zero-order valence-corrected chi connectivity index (χ0v) is 18.4. The van der Waals surface area contributed by atoms with Crippen molar-refractivity contribution in [1.29, 1.82) is 0 Å². The van der Waals surface area contributed by atoms with Crippen LogP contribution in [-0.4, -0.2) is 66.8 Å². The maximum Gasteiger partial charge on any atom is 0.129 e. The van der Waals surface area contributed by atoms with Gasteiger partial charge in [0.25, 0.3) is 0 Å². The number of benzene rings is 2. The van der Waals surface area contributed by atoms with Crippen LogP contribution in [-0.2, 0) is 12.8 Å². The molecule has 5 atom stereocenters. The molecule has 2 aromatic carbocycles. The number of rotatable bonds is 11. The van der Waals surface area contributed by atoms with E-state index in [0.29, 0.717) is 0 Å². The number of hydrogen-bond acceptors (Lipinski definition) is 6. The predicted molar refractivity (Wildman–Crippen MR) is 115 cm³/mol. The molecule has 10 heteroatoms. The lowest BCUT2D eigenvalue weighted by Gasteiger charge is -2.46. The molecule has 34 heavy (non-hydrogen) atoms. The minimum absolute atomic E-state index is 0.511. The Hall–Kier alpha value is -2.34. The topological polar surface area (TPSA) is 121 Å². The Morgan fingerprint density at radius 2 is 1.26 bits per heavy atom. The highest BCUT2D eigenvalue weighted by molar-refractivity contribution is 5.27. The summed E-state index contributed by atoms with van der Waals surface area (Å²) in [6.45, 7) is 0.424. The second-order valence-electron chi connectivity index (χ2n) is 8.22. The molecule has 0 amide bonds. The lowest BCUT2D eigenvalue weighted by molar-refractivity contribution is -0.228. The van der Waals surface area contributed by atoms with Crippen LogP contribution in [0.5, 0.6) is 0 Å². The van der Waals surface area contributed by atoms with E-state index in [1.807, 2.05) is 0 Å². The first kappa shape index (κ1) is 27.9. The molecule has 0 fully saturated rings. The molecule has 0 heterocycles. The summed E-state index contributed by atoms with van der Waals surface area (Å²) in [5.74, 6) is -4.45. The zero-order valence-electron chi connectivity index (χ0n) is 18.4. The van der Waals surface area contributed by atoms with Crippen LogP contribution in [0.4, 0.5) is 17.6 Å². The predicted octanol–water partition coefficient (Wildman–Crippen LogP) is 1.53. The molecule has 2 rings (SSSR count). The first-order chi connectivity index (χ1) is 15.9. The highest BCUT2D eigenvalue weighted by atomic mass is 19.1. The molecule has 0 aliphatic rings. The monoisotopic (exact) mass is 488 g/mol. The van der Waals surface area contributed by atoms with Crippen LogP contribution in [0.1, 0.15) is 24.5 Å². The summed E-state index contributed by atoms with van der Waals surface area (Å²) in [5, 5.41) is 63.6. The first-order valence-corrected chi connectivity index (χ1v) is 10.5. The summed E-state index contributed by atoms with van der Waals surface area (Å²) >= 11 is 0. The molecule has 0 spiro atoms. The Morgan fingerprint density at radius 3 is 1.68 bits per heavy atom. The SMILES string of the molecule is C/C=C/CC(O)(Cc1c(F)cccc1F)[C@@H](O)[C@@](O)(Cc1c(F)cccc1F)[C@H](O)[C@@H](O)CO. The normalized spacial score (nSPS) is 18.3. The lowest BCUT2D eigenvalue weighted by Crippen LogP contribution is -2.66.